The minimum atomic E-state index is -1.35. The Balaban J connectivity index is 3.07. The number of benzene rings is 1. The van der Waals surface area contributed by atoms with Crippen molar-refractivity contribution in [2.75, 3.05) is 12.3 Å². The molecule has 0 saturated carbocycles. The van der Waals surface area contributed by atoms with E-state index in [9.17, 15) is 29.1 Å². The smallest absolute Gasteiger partial charge is 0.326 e. The van der Waals surface area contributed by atoms with Crippen molar-refractivity contribution in [2.24, 2.45) is 11.5 Å². The zero-order chi connectivity index (χ0) is 27.1. The Morgan fingerprint density at radius 3 is 1.97 bits per heavy atom. The van der Waals surface area contributed by atoms with Crippen molar-refractivity contribution in [1.82, 2.24) is 16.0 Å². The summed E-state index contributed by atoms with van der Waals surface area (Å²) in [5.74, 6) is -4.65. The molecule has 1 aromatic carbocycles. The molecule has 0 fully saturated rings. The number of hydrogen-bond donors (Lipinski definition) is 8. The number of carboxylic acids is 2. The zero-order valence-electron chi connectivity index (χ0n) is 19.9. The number of amides is 3. The van der Waals surface area contributed by atoms with Crippen LogP contribution in [0.1, 0.15) is 37.7 Å². The number of thiol groups is 1. The highest BCUT2D eigenvalue weighted by Crippen LogP contribution is 2.08. The topological polar surface area (TPSA) is 214 Å². The lowest BCUT2D eigenvalue weighted by Crippen LogP contribution is -2.57. The van der Waals surface area contributed by atoms with E-state index in [1.807, 2.05) is 0 Å². The van der Waals surface area contributed by atoms with Gasteiger partial charge in [-0.2, -0.15) is 12.6 Å². The fraction of sp³-hybridized carbons (Fsp3) is 0.522. The van der Waals surface area contributed by atoms with E-state index in [4.69, 9.17) is 16.6 Å². The second kappa shape index (κ2) is 16.5. The molecule has 0 aliphatic heterocycles. The highest BCUT2D eigenvalue weighted by Gasteiger charge is 2.30. The maximum Gasteiger partial charge on any atom is 0.326 e. The Morgan fingerprint density at radius 2 is 1.42 bits per heavy atom. The van der Waals surface area contributed by atoms with Gasteiger partial charge in [-0.3, -0.25) is 19.2 Å². The first-order valence-corrected chi connectivity index (χ1v) is 12.2. The molecule has 200 valence electrons. The first kappa shape index (κ1) is 30.9. The lowest BCUT2D eigenvalue weighted by atomic mass is 10.0. The van der Waals surface area contributed by atoms with Crippen LogP contribution in [-0.4, -0.2) is 76.3 Å². The number of carboxylic acid groups (broad SMARTS) is 2. The predicted molar refractivity (Wildman–Crippen MR) is 135 cm³/mol. The molecule has 36 heavy (non-hydrogen) atoms. The molecule has 12 nitrogen and oxygen atoms in total. The van der Waals surface area contributed by atoms with Gasteiger partial charge in [-0.15, -0.1) is 0 Å². The normalized spacial score (nSPS) is 14.1. The van der Waals surface area contributed by atoms with Crippen LogP contribution in [0.5, 0.6) is 0 Å². The third-order valence-electron chi connectivity index (χ3n) is 5.29. The van der Waals surface area contributed by atoms with Crippen LogP contribution in [0.3, 0.4) is 0 Å². The second-order valence-corrected chi connectivity index (χ2v) is 8.58. The fourth-order valence-corrected chi connectivity index (χ4v) is 3.42. The maximum absolute atomic E-state index is 13.1. The highest BCUT2D eigenvalue weighted by molar-refractivity contribution is 7.80. The van der Waals surface area contributed by atoms with E-state index >= 15 is 0 Å². The zero-order valence-corrected chi connectivity index (χ0v) is 20.8. The van der Waals surface area contributed by atoms with Crippen molar-refractivity contribution >= 4 is 42.3 Å². The first-order valence-electron chi connectivity index (χ1n) is 11.5. The molecule has 4 unspecified atom stereocenters. The number of nitrogens with two attached hydrogens (primary N) is 2. The monoisotopic (exact) mass is 525 g/mol. The molecule has 0 bridgehead atoms. The van der Waals surface area contributed by atoms with Crippen LogP contribution in [0, 0.1) is 0 Å². The number of aliphatic carboxylic acids is 2. The van der Waals surface area contributed by atoms with Crippen LogP contribution >= 0.6 is 12.6 Å². The molecule has 3 amide bonds. The average Bonchev–Trinajstić information content (AvgIpc) is 2.85. The van der Waals surface area contributed by atoms with Crippen molar-refractivity contribution in [3.63, 3.8) is 0 Å². The van der Waals surface area contributed by atoms with Gasteiger partial charge in [0.1, 0.15) is 18.1 Å². The molecule has 0 spiro atoms. The summed E-state index contributed by atoms with van der Waals surface area (Å²) in [6, 6.07) is 4.10. The number of nitrogens with one attached hydrogen (secondary N) is 3. The van der Waals surface area contributed by atoms with Gasteiger partial charge < -0.3 is 37.6 Å². The van der Waals surface area contributed by atoms with E-state index in [0.717, 1.165) is 5.56 Å². The molecule has 0 heterocycles. The summed E-state index contributed by atoms with van der Waals surface area (Å²) in [6.07, 6.45) is 0.465. The second-order valence-electron chi connectivity index (χ2n) is 8.22. The predicted octanol–water partition coefficient (Wildman–Crippen LogP) is -0.981. The lowest BCUT2D eigenvalue weighted by molar-refractivity contribution is -0.143. The molecule has 4 atom stereocenters. The molecule has 0 aromatic heterocycles. The van der Waals surface area contributed by atoms with Gasteiger partial charge >= 0.3 is 11.9 Å². The van der Waals surface area contributed by atoms with Gasteiger partial charge in [-0.25, -0.2) is 4.79 Å². The van der Waals surface area contributed by atoms with Gasteiger partial charge in [0, 0.05) is 18.6 Å². The first-order chi connectivity index (χ1) is 17.1. The Labute approximate surface area is 215 Å². The molecule has 0 saturated heterocycles. The lowest BCUT2D eigenvalue weighted by Gasteiger charge is -2.25. The van der Waals surface area contributed by atoms with Gasteiger partial charge in [0.05, 0.1) is 6.04 Å². The maximum atomic E-state index is 13.1. The molecular weight excluding hydrogens is 490 g/mol. The number of unbranched alkanes of at least 4 members (excludes halogenated alkanes) is 1. The van der Waals surface area contributed by atoms with Gasteiger partial charge in [-0.1, -0.05) is 30.3 Å². The summed E-state index contributed by atoms with van der Waals surface area (Å²) in [5, 5.41) is 25.9. The van der Waals surface area contributed by atoms with Crippen LogP contribution in [0.2, 0.25) is 0 Å². The largest absolute Gasteiger partial charge is 0.481 e. The number of rotatable bonds is 17. The Bertz CT molecular complexity index is 887. The molecule has 0 radical (unpaired) electrons. The summed E-state index contributed by atoms with van der Waals surface area (Å²) in [7, 11) is 0. The van der Waals surface area contributed by atoms with Crippen molar-refractivity contribution < 1.29 is 34.2 Å². The van der Waals surface area contributed by atoms with Gasteiger partial charge in [0.2, 0.25) is 17.7 Å². The van der Waals surface area contributed by atoms with Crippen LogP contribution in [0.25, 0.3) is 0 Å². The van der Waals surface area contributed by atoms with Crippen molar-refractivity contribution in [2.45, 2.75) is 62.7 Å². The number of carbonyl (C=O) groups excluding carboxylic acids is 3. The van der Waals surface area contributed by atoms with E-state index < -0.39 is 60.2 Å². The molecule has 0 aliphatic carbocycles. The van der Waals surface area contributed by atoms with Crippen LogP contribution in [0.15, 0.2) is 30.3 Å². The van der Waals surface area contributed by atoms with E-state index in [1.165, 1.54) is 0 Å². The summed E-state index contributed by atoms with van der Waals surface area (Å²) >= 11 is 3.99. The van der Waals surface area contributed by atoms with Gasteiger partial charge in [0.15, 0.2) is 0 Å². The van der Waals surface area contributed by atoms with Gasteiger partial charge in [0.25, 0.3) is 0 Å². The van der Waals surface area contributed by atoms with Crippen molar-refractivity contribution in [1.29, 1.82) is 0 Å². The minimum absolute atomic E-state index is 0.0376. The van der Waals surface area contributed by atoms with Crippen LogP contribution in [0.4, 0.5) is 0 Å². The van der Waals surface area contributed by atoms with Crippen molar-refractivity contribution in [3.8, 4) is 0 Å². The van der Waals surface area contributed by atoms with E-state index in [-0.39, 0.29) is 25.0 Å². The molecule has 0 aliphatic rings. The molecule has 13 heteroatoms. The average molecular weight is 526 g/mol. The molecular formula is C23H35N5O7S. The Hall–Kier alpha value is -3.16. The van der Waals surface area contributed by atoms with E-state index in [0.29, 0.717) is 19.4 Å². The summed E-state index contributed by atoms with van der Waals surface area (Å²) in [6.45, 7) is 0.364. The van der Waals surface area contributed by atoms with E-state index in [2.05, 4.69) is 28.6 Å². The Morgan fingerprint density at radius 1 is 0.833 bits per heavy atom. The third-order valence-corrected chi connectivity index (χ3v) is 5.68. The minimum Gasteiger partial charge on any atom is -0.481 e. The molecule has 1 rings (SSSR count). The third kappa shape index (κ3) is 11.5. The van der Waals surface area contributed by atoms with Crippen LogP contribution in [-0.2, 0) is 30.4 Å². The SMILES string of the molecule is NCCCCC(NC(=O)C(CCC(=O)O)NC(=O)C(Cc1ccccc1)NC(=O)C(N)CS)C(=O)O. The van der Waals surface area contributed by atoms with Crippen molar-refractivity contribution in [3.05, 3.63) is 35.9 Å². The quantitative estimate of drug-likeness (QED) is 0.0925. The summed E-state index contributed by atoms with van der Waals surface area (Å²) < 4.78 is 0. The fourth-order valence-electron chi connectivity index (χ4n) is 3.25. The summed E-state index contributed by atoms with van der Waals surface area (Å²) in [4.78, 5) is 61.1. The van der Waals surface area contributed by atoms with Gasteiger partial charge in [-0.05, 0) is 37.8 Å². The summed E-state index contributed by atoms with van der Waals surface area (Å²) in [5.41, 5.74) is 11.9. The standard InChI is InChI=1S/C23H35N5O7S/c24-11-5-4-8-17(23(34)35)27-21(32)16(9-10-19(29)30)26-22(33)18(28-20(31)15(25)13-36)12-14-6-2-1-3-7-14/h1-3,6-7,15-18,36H,4-5,8-13,24-25H2,(H,26,33)(H,27,32)(H,28,31)(H,29,30)(H,34,35). The van der Waals surface area contributed by atoms with Crippen LogP contribution < -0.4 is 27.4 Å². The number of carbonyl (C=O) groups is 5. The molecule has 1 aromatic rings. The highest BCUT2D eigenvalue weighted by atomic mass is 32.1. The van der Waals surface area contributed by atoms with E-state index in [1.54, 1.807) is 30.3 Å². The Kier molecular flexibility index (Phi) is 14.1. The molecule has 9 N–H and O–H groups in total. The number of hydrogen-bond acceptors (Lipinski definition) is 8.